The van der Waals surface area contributed by atoms with Gasteiger partial charge in [-0.05, 0) is 31.4 Å². The van der Waals surface area contributed by atoms with Crippen molar-refractivity contribution in [2.45, 2.75) is 32.6 Å². The van der Waals surface area contributed by atoms with Gasteiger partial charge in [-0.15, -0.1) is 11.6 Å². The lowest BCUT2D eigenvalue weighted by Crippen LogP contribution is -2.14. The quantitative estimate of drug-likeness (QED) is 0.608. The van der Waals surface area contributed by atoms with Crippen molar-refractivity contribution >= 4 is 23.4 Å². The highest BCUT2D eigenvalue weighted by Gasteiger charge is 2.23. The lowest BCUT2D eigenvalue weighted by atomic mass is 9.96. The molecule has 1 rings (SSSR count). The van der Waals surface area contributed by atoms with Crippen molar-refractivity contribution in [1.29, 1.82) is 0 Å². The standard InChI is InChI=1S/C14H17ClO3/c1-4-10-7-6-8-11(13(15)9(3)16)12(10)14(17)18-5-2/h6-8,13H,4-5H2,1-3H3. The largest absolute Gasteiger partial charge is 0.462 e. The molecule has 3 nitrogen and oxygen atoms in total. The van der Waals surface area contributed by atoms with Gasteiger partial charge < -0.3 is 4.74 Å². The molecule has 0 amide bonds. The minimum Gasteiger partial charge on any atom is -0.462 e. The summed E-state index contributed by atoms with van der Waals surface area (Å²) in [6, 6.07) is 5.35. The van der Waals surface area contributed by atoms with Crippen LogP contribution in [-0.4, -0.2) is 18.4 Å². The summed E-state index contributed by atoms with van der Waals surface area (Å²) in [5.74, 6) is -0.604. The normalized spacial score (nSPS) is 12.0. The van der Waals surface area contributed by atoms with Gasteiger partial charge in [0.1, 0.15) is 5.38 Å². The average Bonchev–Trinajstić information content (AvgIpc) is 2.36. The van der Waals surface area contributed by atoms with Gasteiger partial charge in [0, 0.05) is 0 Å². The molecule has 0 N–H and O–H groups in total. The van der Waals surface area contributed by atoms with Gasteiger partial charge in [-0.2, -0.15) is 0 Å². The van der Waals surface area contributed by atoms with E-state index in [2.05, 4.69) is 0 Å². The molecule has 0 aliphatic heterocycles. The van der Waals surface area contributed by atoms with Gasteiger partial charge in [0.2, 0.25) is 0 Å². The highest BCUT2D eigenvalue weighted by molar-refractivity contribution is 6.31. The summed E-state index contributed by atoms with van der Waals surface area (Å²) in [6.45, 7) is 5.39. The Balaban J connectivity index is 3.33. The lowest BCUT2D eigenvalue weighted by molar-refractivity contribution is -0.116. The number of hydrogen-bond donors (Lipinski definition) is 0. The summed E-state index contributed by atoms with van der Waals surface area (Å²) in [5.41, 5.74) is 1.80. The van der Waals surface area contributed by atoms with E-state index in [-0.39, 0.29) is 5.78 Å². The summed E-state index contributed by atoms with van der Waals surface area (Å²) in [4.78, 5) is 23.4. The lowest BCUT2D eigenvalue weighted by Gasteiger charge is -2.15. The van der Waals surface area contributed by atoms with Crippen molar-refractivity contribution < 1.29 is 14.3 Å². The number of esters is 1. The molecule has 0 saturated heterocycles. The number of hydrogen-bond acceptors (Lipinski definition) is 3. The first kappa shape index (κ1) is 14.7. The second-order valence-corrected chi connectivity index (χ2v) is 4.37. The van der Waals surface area contributed by atoms with Crippen LogP contribution in [0.1, 0.15) is 47.6 Å². The van der Waals surface area contributed by atoms with E-state index in [1.807, 2.05) is 13.0 Å². The predicted molar refractivity (Wildman–Crippen MR) is 71.1 cm³/mol. The Hall–Kier alpha value is -1.35. The molecule has 0 aliphatic rings. The van der Waals surface area contributed by atoms with Gasteiger partial charge in [0.15, 0.2) is 5.78 Å². The molecule has 1 atom stereocenters. The monoisotopic (exact) mass is 268 g/mol. The fraction of sp³-hybridized carbons (Fsp3) is 0.429. The first-order valence-corrected chi connectivity index (χ1v) is 6.39. The molecule has 0 aliphatic carbocycles. The maximum absolute atomic E-state index is 12.0. The zero-order valence-corrected chi connectivity index (χ0v) is 11.6. The molecule has 4 heteroatoms. The summed E-state index contributed by atoms with van der Waals surface area (Å²) in [7, 11) is 0. The van der Waals surface area contributed by atoms with Crippen LogP contribution < -0.4 is 0 Å². The van der Waals surface area contributed by atoms with Crippen LogP contribution in [0.2, 0.25) is 0 Å². The third kappa shape index (κ3) is 3.10. The highest BCUT2D eigenvalue weighted by atomic mass is 35.5. The maximum Gasteiger partial charge on any atom is 0.338 e. The van der Waals surface area contributed by atoms with Gasteiger partial charge in [-0.25, -0.2) is 4.79 Å². The summed E-state index contributed by atoms with van der Waals surface area (Å²) >= 11 is 6.06. The summed E-state index contributed by atoms with van der Waals surface area (Å²) in [5, 5.41) is -0.809. The van der Waals surface area contributed by atoms with Crippen molar-refractivity contribution in [1.82, 2.24) is 0 Å². The molecule has 0 radical (unpaired) electrons. The van der Waals surface area contributed by atoms with Crippen LogP contribution >= 0.6 is 11.6 Å². The smallest absolute Gasteiger partial charge is 0.338 e. The molecule has 0 fully saturated rings. The predicted octanol–water partition coefficient (Wildman–Crippen LogP) is 3.29. The molecule has 0 bridgehead atoms. The molecule has 0 aromatic heterocycles. The van der Waals surface area contributed by atoms with Gasteiger partial charge in [0.25, 0.3) is 0 Å². The van der Waals surface area contributed by atoms with E-state index in [9.17, 15) is 9.59 Å². The van der Waals surface area contributed by atoms with Crippen molar-refractivity contribution in [2.24, 2.45) is 0 Å². The molecule has 1 aromatic carbocycles. The third-order valence-corrected chi connectivity index (χ3v) is 3.22. The summed E-state index contributed by atoms with van der Waals surface area (Å²) < 4.78 is 5.03. The number of aryl methyl sites for hydroxylation is 1. The molecule has 0 heterocycles. The molecule has 1 unspecified atom stereocenters. The number of carbonyl (C=O) groups is 2. The zero-order chi connectivity index (χ0) is 13.7. The Labute approximate surface area is 112 Å². The second kappa shape index (κ2) is 6.55. The molecule has 18 heavy (non-hydrogen) atoms. The number of benzene rings is 1. The number of rotatable bonds is 5. The summed E-state index contributed by atoms with van der Waals surface area (Å²) in [6.07, 6.45) is 0.684. The van der Waals surface area contributed by atoms with Crippen LogP contribution in [-0.2, 0) is 16.0 Å². The Morgan fingerprint density at radius 3 is 2.50 bits per heavy atom. The molecule has 1 aromatic rings. The number of alkyl halides is 1. The SMILES string of the molecule is CCOC(=O)c1c(CC)cccc1C(Cl)C(C)=O. The van der Waals surface area contributed by atoms with Gasteiger partial charge in [-0.3, -0.25) is 4.79 Å². The van der Waals surface area contributed by atoms with Crippen molar-refractivity contribution in [2.75, 3.05) is 6.61 Å². The van der Waals surface area contributed by atoms with Crippen LogP contribution in [0.4, 0.5) is 0 Å². The van der Waals surface area contributed by atoms with E-state index in [0.717, 1.165) is 5.56 Å². The van der Waals surface area contributed by atoms with E-state index in [0.29, 0.717) is 24.2 Å². The molecule has 0 saturated carbocycles. The Morgan fingerprint density at radius 1 is 1.33 bits per heavy atom. The van der Waals surface area contributed by atoms with Crippen LogP contribution in [0.15, 0.2) is 18.2 Å². The number of Topliss-reactive ketones (excluding diaryl/α,β-unsaturated/α-hetero) is 1. The minimum atomic E-state index is -0.809. The third-order valence-electron chi connectivity index (χ3n) is 2.67. The van der Waals surface area contributed by atoms with E-state index >= 15 is 0 Å². The number of carbonyl (C=O) groups excluding carboxylic acids is 2. The van der Waals surface area contributed by atoms with Gasteiger partial charge in [0.05, 0.1) is 12.2 Å². The van der Waals surface area contributed by atoms with Crippen LogP contribution in [0.3, 0.4) is 0 Å². The fourth-order valence-corrected chi connectivity index (χ4v) is 1.98. The second-order valence-electron chi connectivity index (χ2n) is 3.93. The minimum absolute atomic E-state index is 0.185. The van der Waals surface area contributed by atoms with Gasteiger partial charge >= 0.3 is 5.97 Å². The molecular formula is C14H17ClO3. The van der Waals surface area contributed by atoms with Crippen LogP contribution in [0.25, 0.3) is 0 Å². The van der Waals surface area contributed by atoms with E-state index < -0.39 is 11.3 Å². The first-order valence-electron chi connectivity index (χ1n) is 5.96. The number of ether oxygens (including phenoxy) is 1. The van der Waals surface area contributed by atoms with E-state index in [4.69, 9.17) is 16.3 Å². The Morgan fingerprint density at radius 2 is 2.00 bits per heavy atom. The molecule has 98 valence electrons. The van der Waals surface area contributed by atoms with Crippen molar-refractivity contribution in [3.05, 3.63) is 34.9 Å². The fourth-order valence-electron chi connectivity index (χ4n) is 1.80. The molecular weight excluding hydrogens is 252 g/mol. The Kier molecular flexibility index (Phi) is 5.35. The van der Waals surface area contributed by atoms with Crippen LogP contribution in [0.5, 0.6) is 0 Å². The molecule has 0 spiro atoms. The van der Waals surface area contributed by atoms with Crippen molar-refractivity contribution in [3.63, 3.8) is 0 Å². The van der Waals surface area contributed by atoms with Crippen LogP contribution in [0, 0.1) is 0 Å². The first-order chi connectivity index (χ1) is 8.52. The average molecular weight is 269 g/mol. The number of halogens is 1. The topological polar surface area (TPSA) is 43.4 Å². The van der Waals surface area contributed by atoms with Gasteiger partial charge in [-0.1, -0.05) is 25.1 Å². The zero-order valence-electron chi connectivity index (χ0n) is 10.8. The van der Waals surface area contributed by atoms with Crippen molar-refractivity contribution in [3.8, 4) is 0 Å². The number of ketones is 1. The van der Waals surface area contributed by atoms with E-state index in [1.54, 1.807) is 19.1 Å². The maximum atomic E-state index is 12.0. The highest BCUT2D eigenvalue weighted by Crippen LogP contribution is 2.28. The van der Waals surface area contributed by atoms with E-state index in [1.165, 1.54) is 6.92 Å². The Bertz CT molecular complexity index is 454.